The normalized spacial score (nSPS) is 15.9. The molecule has 652 valence electrons. The number of rotatable bonds is 21. The highest BCUT2D eigenvalue weighted by Crippen LogP contribution is 2.47. The molecule has 0 spiro atoms. The number of guanidine groups is 2. The predicted molar refractivity (Wildman–Crippen MR) is 478 cm³/mol. The van der Waals surface area contributed by atoms with Crippen LogP contribution in [0.5, 0.6) is 23.5 Å². The molecule has 0 aliphatic carbocycles. The van der Waals surface area contributed by atoms with Crippen molar-refractivity contribution in [1.82, 2.24) is 87.4 Å². The first-order valence-corrected chi connectivity index (χ1v) is 43.9. The monoisotopic (exact) mass is 1840 g/mol. The summed E-state index contributed by atoms with van der Waals surface area (Å²) < 4.78 is 103. The number of carbonyl (C=O) groups is 1. The smallest absolute Gasteiger partial charge is 0.479 e. The number of fused-ring (bicyclic) bond motifs is 5. The fourth-order valence-electron chi connectivity index (χ4n) is 13.3. The number of ether oxygens (including phenoxy) is 8. The maximum Gasteiger partial charge on any atom is 0.506 e. The number of alkyl carbamates (subject to hydrolysis) is 1. The van der Waals surface area contributed by atoms with Crippen LogP contribution in [0.4, 0.5) is 4.79 Å². The number of sulfonamides is 2. The molecule has 2 aliphatic rings. The molecule has 44 heteroatoms. The number of aromatic nitrogens is 15. The molecule has 0 saturated carbocycles. The van der Waals surface area contributed by atoms with Crippen LogP contribution in [0.25, 0.3) is 76.3 Å². The molecule has 125 heavy (non-hydrogen) atoms. The van der Waals surface area contributed by atoms with Gasteiger partial charge in [0.15, 0.2) is 5.15 Å². The van der Waals surface area contributed by atoms with Crippen LogP contribution in [-0.4, -0.2) is 194 Å². The minimum absolute atomic E-state index is 0.0645. The number of methoxy groups -OCH3 is 4. The Bertz CT molecular complexity index is 6640. The van der Waals surface area contributed by atoms with Gasteiger partial charge in [0.25, 0.3) is 0 Å². The number of hydrogen-bond donors (Lipinski definition) is 6. The molecule has 0 unspecified atom stereocenters. The van der Waals surface area contributed by atoms with E-state index in [-0.39, 0.29) is 42.5 Å². The van der Waals surface area contributed by atoms with E-state index in [2.05, 4.69) is 75.1 Å². The lowest BCUT2D eigenvalue weighted by Crippen LogP contribution is -2.53. The maximum absolute atomic E-state index is 13.3. The molecule has 0 fully saturated rings. The van der Waals surface area contributed by atoms with Gasteiger partial charge in [-0.05, 0) is 93.8 Å². The fraction of sp³-hybridized carbons (Fsp3) is 0.272. The Kier molecular flexibility index (Phi) is 28.3. The number of aromatic amines is 2. The molecule has 0 bridgehead atoms. The SMILES string of the molecule is COc1ncnc2cc(-c3cc(Cl)c([C@]4(C)CS(=O)(=O)N(C)C(N)=N4)s3)[nH]c12.COc1ncnc2cc(-c3cc(Cl)c([C@]4(C)CS(=O)(=O)N(C)C(NC(=O)OC(C)(C)C)=N4)s3)n(COCc3ccccc3)c12.COc1ncnc2cc(B(O)O)n(COCc3ccccc3)c12.COc1ncnc2ccn(COCc3ccccc3)c12.Clc1ncnc2cc[nH]c12. The minimum Gasteiger partial charge on any atom is -0.479 e. The molecule has 7 N–H and O–H groups in total. The van der Waals surface area contributed by atoms with E-state index in [4.69, 9.17) is 78.4 Å². The van der Waals surface area contributed by atoms with Gasteiger partial charge in [0.05, 0.1) is 134 Å². The number of nitrogens with zero attached hydrogens (tertiary/aromatic N) is 17. The molecule has 3 aromatic carbocycles. The number of hydrogen-bond acceptors (Lipinski definition) is 30. The van der Waals surface area contributed by atoms with Crippen molar-refractivity contribution in [1.29, 1.82) is 0 Å². The summed E-state index contributed by atoms with van der Waals surface area (Å²) in [6.07, 6.45) is 10.0. The first-order chi connectivity index (χ1) is 59.8. The Hall–Kier alpha value is -12.0. The first-order valence-electron chi connectivity index (χ1n) is 37.9. The van der Waals surface area contributed by atoms with Crippen LogP contribution in [0.2, 0.25) is 15.2 Å². The van der Waals surface area contributed by atoms with Gasteiger partial charge in [-0.1, -0.05) is 126 Å². The number of carbonyl (C=O) groups excluding carboxylic acids is 1. The lowest BCUT2D eigenvalue weighted by atomic mass is 9.86. The number of halogens is 3. The Morgan fingerprint density at radius 2 is 1.02 bits per heavy atom. The minimum atomic E-state index is -3.88. The Balaban J connectivity index is 0.000000143. The zero-order valence-electron chi connectivity index (χ0n) is 69.1. The van der Waals surface area contributed by atoms with Crippen molar-refractivity contribution >= 4 is 163 Å². The standard InChI is InChI=1S/C29H33ClN6O6S2.C16H17ClN6O3S2.C15H16BN3O4.C15H15N3O2.C6H4ClN3/c1-28(2,3)42-27(37)33-26-34-29(4,15-44(38,39)35(26)5)24-19(30)12-22(43-24)21-13-20-23(25(40-6)32-16-31-20)36(21)17-41-14-18-10-8-7-9-11-18;1-16(6-28(24,25)23(2)15(18)22-16)13-8(17)4-11(27-13)9-5-10-12(21-9)14(26-3)20-7-19-10;1-22-15-14-12(17-9-18-15)7-13(16(20)21)19(14)10-23-8-11-5-3-2-4-6-11;1-19-15-14-13(16-10-17-15)7-8-18(14)11-20-9-12-5-3-2-4-6-12;7-6-5-4(1-2-8-5)9-3-10-6/h7-13,16H,14-15,17H2,1-6H3,(H,33,34,37);4-5,7,21H,6H2,1-3H3,(H2,18,22);2-7,9,20-21H,8,10H2,1H3;2-8,10H,9,11H2,1H3;1-3,8H/t29-;16-;;;/m00.../s1. The van der Waals surface area contributed by atoms with Gasteiger partial charge in [-0.2, -0.15) is 19.9 Å². The Morgan fingerprint density at radius 1 is 0.552 bits per heavy atom. The van der Waals surface area contributed by atoms with E-state index in [9.17, 15) is 31.7 Å². The second-order valence-corrected chi connectivity index (χ2v) is 36.5. The molecule has 2 atom stereocenters. The van der Waals surface area contributed by atoms with Gasteiger partial charge in [0.2, 0.25) is 55.5 Å². The number of nitrogens with one attached hydrogen (secondary N) is 3. The zero-order chi connectivity index (χ0) is 89.1. The maximum atomic E-state index is 13.3. The molecule has 36 nitrogen and oxygen atoms in total. The molecule has 12 aromatic heterocycles. The quantitative estimate of drug-likeness (QED) is 0.0287. The Labute approximate surface area is 740 Å². The van der Waals surface area contributed by atoms with Crippen LogP contribution in [0.15, 0.2) is 187 Å². The first kappa shape index (κ1) is 90.7. The van der Waals surface area contributed by atoms with E-state index < -0.39 is 49.9 Å². The van der Waals surface area contributed by atoms with Crippen LogP contribution in [-0.2, 0) is 90.1 Å². The van der Waals surface area contributed by atoms with Crippen molar-refractivity contribution in [3.63, 3.8) is 0 Å². The third-order valence-corrected chi connectivity index (χ3v) is 27.0. The molecule has 2 aliphatic heterocycles. The number of H-pyrrole nitrogens is 2. The van der Waals surface area contributed by atoms with Gasteiger partial charge < -0.3 is 77.3 Å². The largest absolute Gasteiger partial charge is 0.506 e. The van der Waals surface area contributed by atoms with Crippen LogP contribution < -0.4 is 35.6 Å². The van der Waals surface area contributed by atoms with E-state index in [0.29, 0.717) is 108 Å². The van der Waals surface area contributed by atoms with E-state index in [1.54, 1.807) is 70.7 Å². The average molecular weight is 1840 g/mol. The third-order valence-electron chi connectivity index (χ3n) is 19.2. The summed E-state index contributed by atoms with van der Waals surface area (Å²) in [5.41, 5.74) is 14.7. The van der Waals surface area contributed by atoms with Crippen molar-refractivity contribution in [3.05, 3.63) is 219 Å². The van der Waals surface area contributed by atoms with Crippen molar-refractivity contribution in [2.75, 3.05) is 54.0 Å². The summed E-state index contributed by atoms with van der Waals surface area (Å²) in [6.45, 7) is 10.6. The lowest BCUT2D eigenvalue weighted by molar-refractivity contribution is 0.0558. The fourth-order valence-corrected chi connectivity index (χ4v) is 19.8. The predicted octanol–water partition coefficient (Wildman–Crippen LogP) is 12.0. The van der Waals surface area contributed by atoms with E-state index in [0.717, 1.165) is 68.5 Å². The van der Waals surface area contributed by atoms with Gasteiger partial charge >= 0.3 is 13.2 Å². The van der Waals surface area contributed by atoms with E-state index in [1.807, 2.05) is 131 Å². The summed E-state index contributed by atoms with van der Waals surface area (Å²) in [5.74, 6) is 0.913. The number of thiophene rings is 2. The molecule has 0 radical (unpaired) electrons. The number of nitrogens with two attached hydrogens (primary N) is 1. The van der Waals surface area contributed by atoms with Crippen LogP contribution >= 0.6 is 57.5 Å². The third kappa shape index (κ3) is 21.0. The topological polar surface area (TPSA) is 444 Å². The summed E-state index contributed by atoms with van der Waals surface area (Å²) >= 11 is 21.6. The number of benzene rings is 3. The van der Waals surface area contributed by atoms with Crippen LogP contribution in [0, 0.1) is 0 Å². The zero-order valence-corrected chi connectivity index (χ0v) is 74.7. The second-order valence-electron chi connectivity index (χ2n) is 29.2. The van der Waals surface area contributed by atoms with Gasteiger partial charge in [0, 0.05) is 26.5 Å². The molecule has 14 heterocycles. The van der Waals surface area contributed by atoms with Gasteiger partial charge in [0.1, 0.15) is 96.1 Å². The summed E-state index contributed by atoms with van der Waals surface area (Å²) in [5, 5.41) is 22.9. The highest BCUT2D eigenvalue weighted by atomic mass is 35.5. The Morgan fingerprint density at radius 3 is 1.57 bits per heavy atom. The van der Waals surface area contributed by atoms with Crippen molar-refractivity contribution in [2.45, 2.75) is 91.3 Å². The highest BCUT2D eigenvalue weighted by molar-refractivity contribution is 7.90. The second kappa shape index (κ2) is 39.0. The molecule has 15 aromatic rings. The van der Waals surface area contributed by atoms with Crippen molar-refractivity contribution in [3.8, 4) is 44.7 Å². The van der Waals surface area contributed by atoms with Gasteiger partial charge in [-0.15, -0.1) is 22.7 Å². The highest BCUT2D eigenvalue weighted by Gasteiger charge is 2.45. The molecular weight excluding hydrogens is 1750 g/mol. The van der Waals surface area contributed by atoms with E-state index >= 15 is 0 Å². The summed E-state index contributed by atoms with van der Waals surface area (Å²) in [6, 6.07) is 42.2. The molecular formula is C81H85BCl3N21O15S4. The van der Waals surface area contributed by atoms with E-state index in [1.165, 1.54) is 89.7 Å². The van der Waals surface area contributed by atoms with Crippen molar-refractivity contribution in [2.24, 2.45) is 15.7 Å². The number of amides is 1. The van der Waals surface area contributed by atoms with Crippen LogP contribution in [0.3, 0.4) is 0 Å². The lowest BCUT2D eigenvalue weighted by Gasteiger charge is -2.35. The summed E-state index contributed by atoms with van der Waals surface area (Å²) in [4.78, 5) is 71.8. The molecule has 0 saturated heterocycles. The number of aliphatic imine (C=N–C) groups is 2. The average Bonchev–Trinajstić information content (AvgIpc) is 1.76. The summed E-state index contributed by atoms with van der Waals surface area (Å²) in [7, 11) is -0.234. The van der Waals surface area contributed by atoms with Crippen molar-refractivity contribution < 1.29 is 69.6 Å². The van der Waals surface area contributed by atoms with Crippen LogP contribution in [0.1, 0.15) is 61.1 Å². The molecule has 17 rings (SSSR count). The van der Waals surface area contributed by atoms with Gasteiger partial charge in [-0.25, -0.2) is 70.1 Å². The van der Waals surface area contributed by atoms with Gasteiger partial charge in [-0.3, -0.25) is 5.32 Å². The molecule has 1 amide bonds.